The summed E-state index contributed by atoms with van der Waals surface area (Å²) in [7, 11) is 0. The highest BCUT2D eigenvalue weighted by molar-refractivity contribution is 5.92. The molecule has 0 saturated heterocycles. The average Bonchev–Trinajstić information content (AvgIpc) is 2.59. The first-order valence-electron chi connectivity index (χ1n) is 10.7. The fourth-order valence-electron chi connectivity index (χ4n) is 3.24. The van der Waals surface area contributed by atoms with Gasteiger partial charge in [-0.05, 0) is 24.5 Å². The first-order valence-corrected chi connectivity index (χ1v) is 10.7. The molecular weight excluding hydrogens is 328 g/mol. The van der Waals surface area contributed by atoms with E-state index in [1.165, 1.54) is 83.5 Å². The minimum Gasteiger partial charge on any atom is -0.545 e. The first-order chi connectivity index (χ1) is 12.6. The quantitative estimate of drug-likeness (QED) is 0.255. The highest BCUT2D eigenvalue weighted by Gasteiger charge is 1.99. The number of hydrogen-bond acceptors (Lipinski definition) is 4. The number of carboxylic acid groups (broad SMARTS) is 2. The fraction of sp³-hybridized carbons (Fsp3) is 0.818. The SMILES string of the molecule is CCCCCCCCCCCCCCCCCC/C(=C/C(=O)[O-])C(=O)[O-]. The Morgan fingerprint density at radius 2 is 0.962 bits per heavy atom. The molecule has 0 fully saturated rings. The van der Waals surface area contributed by atoms with Gasteiger partial charge in [0.2, 0.25) is 0 Å². The highest BCUT2D eigenvalue weighted by Crippen LogP contribution is 2.15. The summed E-state index contributed by atoms with van der Waals surface area (Å²) >= 11 is 0. The second-order valence-electron chi connectivity index (χ2n) is 7.33. The largest absolute Gasteiger partial charge is 0.545 e. The zero-order valence-electron chi connectivity index (χ0n) is 16.7. The number of carboxylic acids is 2. The van der Waals surface area contributed by atoms with E-state index in [0.717, 1.165) is 12.8 Å². The number of carbonyl (C=O) groups excluding carboxylic acids is 2. The highest BCUT2D eigenvalue weighted by atomic mass is 16.4. The minimum atomic E-state index is -1.47. The van der Waals surface area contributed by atoms with Crippen molar-refractivity contribution in [1.29, 1.82) is 0 Å². The maximum atomic E-state index is 10.8. The Morgan fingerprint density at radius 3 is 1.27 bits per heavy atom. The van der Waals surface area contributed by atoms with Gasteiger partial charge < -0.3 is 19.8 Å². The molecule has 0 aliphatic heterocycles. The second-order valence-corrected chi connectivity index (χ2v) is 7.33. The van der Waals surface area contributed by atoms with E-state index in [2.05, 4.69) is 6.92 Å². The number of unbranched alkanes of at least 4 members (excludes halogenated alkanes) is 15. The number of aliphatic carboxylic acids is 2. The minimum absolute atomic E-state index is 0.171. The lowest BCUT2D eigenvalue weighted by Crippen LogP contribution is -2.27. The molecule has 0 bridgehead atoms. The van der Waals surface area contributed by atoms with E-state index in [9.17, 15) is 19.8 Å². The average molecular weight is 367 g/mol. The van der Waals surface area contributed by atoms with Gasteiger partial charge in [-0.3, -0.25) is 0 Å². The van der Waals surface area contributed by atoms with Gasteiger partial charge in [-0.25, -0.2) is 0 Å². The third kappa shape index (κ3) is 17.5. The lowest BCUT2D eigenvalue weighted by Gasteiger charge is -2.09. The molecule has 4 nitrogen and oxygen atoms in total. The van der Waals surface area contributed by atoms with Gasteiger partial charge in [-0.2, -0.15) is 0 Å². The fourth-order valence-corrected chi connectivity index (χ4v) is 3.24. The molecule has 0 unspecified atom stereocenters. The Kier molecular flexibility index (Phi) is 17.5. The molecule has 0 amide bonds. The van der Waals surface area contributed by atoms with Crippen molar-refractivity contribution in [3.8, 4) is 0 Å². The Bertz CT molecular complexity index is 388. The van der Waals surface area contributed by atoms with Crippen LogP contribution in [0.1, 0.15) is 116 Å². The maximum absolute atomic E-state index is 10.8. The molecule has 0 heterocycles. The summed E-state index contributed by atoms with van der Waals surface area (Å²) < 4.78 is 0. The van der Waals surface area contributed by atoms with E-state index < -0.39 is 11.9 Å². The summed E-state index contributed by atoms with van der Waals surface area (Å²) in [5, 5.41) is 21.2. The molecule has 0 aromatic carbocycles. The zero-order chi connectivity index (χ0) is 19.5. The van der Waals surface area contributed by atoms with E-state index in [4.69, 9.17) is 0 Å². The number of hydrogen-bond donors (Lipinski definition) is 0. The summed E-state index contributed by atoms with van der Waals surface area (Å²) in [5.41, 5.74) is -0.171. The Balaban J connectivity index is 3.31. The standard InChI is InChI=1S/C22H40O4/c1-2-3-4-5-6-7-8-9-10-11-12-13-14-15-16-17-18-20(22(25)26)19-21(23)24/h19H,2-18H2,1H3,(H,23,24)(H,25,26)/p-2/b20-19-. The van der Waals surface area contributed by atoms with Gasteiger partial charge in [0.25, 0.3) is 0 Å². The molecule has 0 aliphatic carbocycles. The lowest BCUT2D eigenvalue weighted by molar-refractivity contribution is -0.303. The number of carbonyl (C=O) groups is 2. The molecular formula is C22H38O4-2. The van der Waals surface area contributed by atoms with Gasteiger partial charge in [0, 0.05) is 0 Å². The molecule has 0 rings (SSSR count). The molecule has 0 atom stereocenters. The summed E-state index contributed by atoms with van der Waals surface area (Å²) in [4.78, 5) is 21.2. The van der Waals surface area contributed by atoms with E-state index in [-0.39, 0.29) is 12.0 Å². The lowest BCUT2D eigenvalue weighted by atomic mass is 10.0. The van der Waals surface area contributed by atoms with Crippen LogP contribution in [0.25, 0.3) is 0 Å². The molecule has 0 aromatic heterocycles. The van der Waals surface area contributed by atoms with Gasteiger partial charge in [-0.15, -0.1) is 0 Å². The van der Waals surface area contributed by atoms with Crippen LogP contribution < -0.4 is 10.2 Å². The summed E-state index contributed by atoms with van der Waals surface area (Å²) in [6.07, 6.45) is 21.0. The molecule has 4 heteroatoms. The van der Waals surface area contributed by atoms with Crippen LogP contribution in [0.3, 0.4) is 0 Å². The monoisotopic (exact) mass is 366 g/mol. The zero-order valence-corrected chi connectivity index (χ0v) is 16.7. The van der Waals surface area contributed by atoms with E-state index >= 15 is 0 Å². The third-order valence-corrected chi connectivity index (χ3v) is 4.85. The van der Waals surface area contributed by atoms with Gasteiger partial charge in [-0.1, -0.05) is 103 Å². The summed E-state index contributed by atoms with van der Waals surface area (Å²) in [5.74, 6) is -2.88. The van der Waals surface area contributed by atoms with Crippen LogP contribution in [0.5, 0.6) is 0 Å². The molecule has 0 spiro atoms. The van der Waals surface area contributed by atoms with Gasteiger partial charge in [0.05, 0.1) is 11.9 Å². The molecule has 0 N–H and O–H groups in total. The Hall–Kier alpha value is -1.32. The smallest absolute Gasteiger partial charge is 0.0675 e. The Labute approximate surface area is 160 Å². The normalized spacial score (nSPS) is 11.7. The van der Waals surface area contributed by atoms with Crippen molar-refractivity contribution in [3.63, 3.8) is 0 Å². The van der Waals surface area contributed by atoms with Crippen LogP contribution in [0, 0.1) is 0 Å². The van der Waals surface area contributed by atoms with Crippen LogP contribution in [0.4, 0.5) is 0 Å². The van der Waals surface area contributed by atoms with Crippen LogP contribution in [0.2, 0.25) is 0 Å². The van der Waals surface area contributed by atoms with Crippen molar-refractivity contribution in [2.45, 2.75) is 116 Å². The summed E-state index contributed by atoms with van der Waals surface area (Å²) in [6.45, 7) is 2.25. The third-order valence-electron chi connectivity index (χ3n) is 4.85. The molecule has 0 aliphatic rings. The Morgan fingerprint density at radius 1 is 0.615 bits per heavy atom. The molecule has 0 saturated carbocycles. The van der Waals surface area contributed by atoms with Crippen molar-refractivity contribution in [3.05, 3.63) is 11.6 Å². The predicted molar refractivity (Wildman–Crippen MR) is 102 cm³/mol. The number of rotatable bonds is 19. The second kappa shape index (κ2) is 18.5. The van der Waals surface area contributed by atoms with Gasteiger partial charge in [0.1, 0.15) is 0 Å². The van der Waals surface area contributed by atoms with Crippen molar-refractivity contribution in [1.82, 2.24) is 0 Å². The van der Waals surface area contributed by atoms with E-state index in [1.54, 1.807) is 0 Å². The molecule has 0 aromatic rings. The van der Waals surface area contributed by atoms with Crippen molar-refractivity contribution < 1.29 is 19.8 Å². The van der Waals surface area contributed by atoms with Gasteiger partial charge in [0.15, 0.2) is 0 Å². The predicted octanol–water partition coefficient (Wildman–Crippen LogP) is 4.06. The summed E-state index contributed by atoms with van der Waals surface area (Å²) in [6, 6.07) is 0. The van der Waals surface area contributed by atoms with E-state index in [1.807, 2.05) is 0 Å². The van der Waals surface area contributed by atoms with Crippen molar-refractivity contribution in [2.75, 3.05) is 0 Å². The maximum Gasteiger partial charge on any atom is 0.0675 e. The topological polar surface area (TPSA) is 80.3 Å². The van der Waals surface area contributed by atoms with Crippen LogP contribution in [0.15, 0.2) is 11.6 Å². The van der Waals surface area contributed by atoms with Crippen LogP contribution in [-0.2, 0) is 9.59 Å². The van der Waals surface area contributed by atoms with E-state index in [0.29, 0.717) is 12.5 Å². The van der Waals surface area contributed by atoms with Gasteiger partial charge >= 0.3 is 0 Å². The molecule has 152 valence electrons. The molecule has 0 radical (unpaired) electrons. The van der Waals surface area contributed by atoms with Crippen molar-refractivity contribution in [2.24, 2.45) is 0 Å². The first kappa shape index (κ1) is 24.7. The van der Waals surface area contributed by atoms with Crippen LogP contribution in [-0.4, -0.2) is 11.9 Å². The molecule has 26 heavy (non-hydrogen) atoms. The van der Waals surface area contributed by atoms with Crippen LogP contribution >= 0.6 is 0 Å². The van der Waals surface area contributed by atoms with Crippen molar-refractivity contribution >= 4 is 11.9 Å².